The SMILES string of the molecule is CN(CC1CC2CCC1C2)C(=O)CCC1CCCC(N)C1. The molecule has 3 nitrogen and oxygen atoms in total. The van der Waals surface area contributed by atoms with Gasteiger partial charge in [0.15, 0.2) is 0 Å². The van der Waals surface area contributed by atoms with E-state index in [-0.39, 0.29) is 0 Å². The minimum atomic E-state index is 0.358. The van der Waals surface area contributed by atoms with Crippen LogP contribution >= 0.6 is 0 Å². The van der Waals surface area contributed by atoms with Crippen LogP contribution in [-0.2, 0) is 4.79 Å². The summed E-state index contributed by atoms with van der Waals surface area (Å²) >= 11 is 0. The molecule has 3 heteroatoms. The van der Waals surface area contributed by atoms with Crippen LogP contribution in [0.2, 0.25) is 0 Å². The van der Waals surface area contributed by atoms with Crippen LogP contribution in [0.25, 0.3) is 0 Å². The lowest BCUT2D eigenvalue weighted by Gasteiger charge is -2.29. The summed E-state index contributed by atoms with van der Waals surface area (Å²) in [7, 11) is 2.01. The first-order valence-corrected chi connectivity index (χ1v) is 9.11. The Morgan fingerprint density at radius 2 is 2.00 bits per heavy atom. The molecule has 3 aliphatic rings. The number of hydrogen-bond donors (Lipinski definition) is 1. The van der Waals surface area contributed by atoms with Crippen molar-refractivity contribution in [1.82, 2.24) is 4.90 Å². The van der Waals surface area contributed by atoms with Gasteiger partial charge in [-0.15, -0.1) is 0 Å². The van der Waals surface area contributed by atoms with Crippen molar-refractivity contribution in [2.45, 2.75) is 70.3 Å². The summed E-state index contributed by atoms with van der Waals surface area (Å²) in [5.41, 5.74) is 6.04. The summed E-state index contributed by atoms with van der Waals surface area (Å²) in [5, 5.41) is 0. The van der Waals surface area contributed by atoms with Crippen LogP contribution in [0, 0.1) is 23.7 Å². The Balaban J connectivity index is 1.38. The number of rotatable bonds is 5. The van der Waals surface area contributed by atoms with Crippen molar-refractivity contribution in [3.63, 3.8) is 0 Å². The highest BCUT2D eigenvalue weighted by Gasteiger charge is 2.40. The van der Waals surface area contributed by atoms with Crippen molar-refractivity contribution in [3.8, 4) is 0 Å². The molecule has 2 N–H and O–H groups in total. The second kappa shape index (κ2) is 6.68. The molecule has 2 bridgehead atoms. The van der Waals surface area contributed by atoms with Gasteiger partial charge < -0.3 is 10.6 Å². The molecule has 3 aliphatic carbocycles. The highest BCUT2D eigenvalue weighted by molar-refractivity contribution is 5.75. The van der Waals surface area contributed by atoms with E-state index in [1.807, 2.05) is 11.9 Å². The molecular weight excluding hydrogens is 260 g/mol. The van der Waals surface area contributed by atoms with Gasteiger partial charge in [-0.3, -0.25) is 4.79 Å². The first-order chi connectivity index (χ1) is 10.1. The average molecular weight is 292 g/mol. The first-order valence-electron chi connectivity index (χ1n) is 9.11. The molecule has 0 radical (unpaired) electrons. The molecule has 0 heterocycles. The third kappa shape index (κ3) is 3.80. The second-order valence-corrected chi connectivity index (χ2v) is 8.04. The number of amides is 1. The van der Waals surface area contributed by atoms with Crippen molar-refractivity contribution in [3.05, 3.63) is 0 Å². The van der Waals surface area contributed by atoms with Crippen molar-refractivity contribution in [1.29, 1.82) is 0 Å². The quantitative estimate of drug-likeness (QED) is 0.846. The summed E-state index contributed by atoms with van der Waals surface area (Å²) in [4.78, 5) is 14.4. The summed E-state index contributed by atoms with van der Waals surface area (Å²) in [5.74, 6) is 3.74. The van der Waals surface area contributed by atoms with E-state index in [2.05, 4.69) is 0 Å². The standard InChI is InChI=1S/C18H32N2O/c1-20(12-16-10-14-5-7-15(16)9-14)18(21)8-6-13-3-2-4-17(19)11-13/h13-17H,2-12,19H2,1H3. The maximum Gasteiger partial charge on any atom is 0.222 e. The van der Waals surface area contributed by atoms with E-state index in [9.17, 15) is 4.79 Å². The maximum absolute atomic E-state index is 12.4. The minimum Gasteiger partial charge on any atom is -0.345 e. The zero-order valence-corrected chi connectivity index (χ0v) is 13.6. The van der Waals surface area contributed by atoms with Crippen LogP contribution in [0.5, 0.6) is 0 Å². The third-order valence-corrected chi connectivity index (χ3v) is 6.41. The molecule has 21 heavy (non-hydrogen) atoms. The van der Waals surface area contributed by atoms with Gasteiger partial charge in [-0.05, 0) is 62.2 Å². The van der Waals surface area contributed by atoms with Gasteiger partial charge in [0.2, 0.25) is 5.91 Å². The number of nitrogens with zero attached hydrogens (tertiary/aromatic N) is 1. The lowest BCUT2D eigenvalue weighted by Crippen LogP contribution is -2.34. The zero-order valence-electron chi connectivity index (χ0n) is 13.6. The number of carbonyl (C=O) groups is 1. The molecule has 0 aliphatic heterocycles. The van der Waals surface area contributed by atoms with Crippen molar-refractivity contribution >= 4 is 5.91 Å². The van der Waals surface area contributed by atoms with E-state index >= 15 is 0 Å². The molecule has 3 rings (SSSR count). The Hall–Kier alpha value is -0.570. The predicted molar refractivity (Wildman–Crippen MR) is 85.7 cm³/mol. The fraction of sp³-hybridized carbons (Fsp3) is 0.944. The van der Waals surface area contributed by atoms with Crippen LogP contribution in [0.1, 0.15) is 64.2 Å². The molecule has 5 atom stereocenters. The van der Waals surface area contributed by atoms with Crippen molar-refractivity contribution < 1.29 is 4.79 Å². The van der Waals surface area contributed by atoms with Crippen molar-refractivity contribution in [2.75, 3.05) is 13.6 Å². The Kier molecular flexibility index (Phi) is 4.88. The summed E-state index contributed by atoms with van der Waals surface area (Å²) in [6, 6.07) is 0.380. The second-order valence-electron chi connectivity index (χ2n) is 8.04. The van der Waals surface area contributed by atoms with Crippen LogP contribution in [0.3, 0.4) is 0 Å². The zero-order chi connectivity index (χ0) is 14.8. The monoisotopic (exact) mass is 292 g/mol. The molecule has 0 spiro atoms. The van der Waals surface area contributed by atoms with Gasteiger partial charge >= 0.3 is 0 Å². The number of fused-ring (bicyclic) bond motifs is 2. The van der Waals surface area contributed by atoms with Crippen LogP contribution in [0.15, 0.2) is 0 Å². The van der Waals surface area contributed by atoms with Gasteiger partial charge in [0.25, 0.3) is 0 Å². The summed E-state index contributed by atoms with van der Waals surface area (Å²) < 4.78 is 0. The van der Waals surface area contributed by atoms with Crippen LogP contribution < -0.4 is 5.73 Å². The molecule has 0 saturated heterocycles. The highest BCUT2D eigenvalue weighted by Crippen LogP contribution is 2.48. The minimum absolute atomic E-state index is 0.358. The predicted octanol–water partition coefficient (Wildman–Crippen LogP) is 3.18. The molecule has 5 unspecified atom stereocenters. The number of carbonyl (C=O) groups excluding carboxylic acids is 1. The Bertz CT molecular complexity index is 370. The molecule has 1 amide bonds. The normalized spacial score (nSPS) is 38.7. The summed E-state index contributed by atoms with van der Waals surface area (Å²) in [6.07, 6.45) is 12.3. The van der Waals surface area contributed by atoms with Gasteiger partial charge in [0.05, 0.1) is 0 Å². The maximum atomic E-state index is 12.4. The fourth-order valence-corrected chi connectivity index (χ4v) is 5.17. The molecule has 0 aromatic carbocycles. The van der Waals surface area contributed by atoms with Crippen molar-refractivity contribution in [2.24, 2.45) is 29.4 Å². The largest absolute Gasteiger partial charge is 0.345 e. The van der Waals surface area contributed by atoms with Gasteiger partial charge in [-0.25, -0.2) is 0 Å². The lowest BCUT2D eigenvalue weighted by molar-refractivity contribution is -0.131. The Morgan fingerprint density at radius 3 is 2.67 bits per heavy atom. The lowest BCUT2D eigenvalue weighted by atomic mass is 9.83. The Morgan fingerprint density at radius 1 is 1.14 bits per heavy atom. The number of hydrogen-bond acceptors (Lipinski definition) is 2. The van der Waals surface area contributed by atoms with E-state index < -0.39 is 0 Å². The average Bonchev–Trinajstić information content (AvgIpc) is 3.07. The Labute approximate surface area is 129 Å². The van der Waals surface area contributed by atoms with Crippen LogP contribution in [0.4, 0.5) is 0 Å². The third-order valence-electron chi connectivity index (χ3n) is 6.41. The molecule has 3 fully saturated rings. The van der Waals surface area contributed by atoms with Gasteiger partial charge in [-0.2, -0.15) is 0 Å². The molecule has 120 valence electrons. The summed E-state index contributed by atoms with van der Waals surface area (Å²) in [6.45, 7) is 1.00. The van der Waals surface area contributed by atoms with Crippen LogP contribution in [-0.4, -0.2) is 30.4 Å². The first kappa shape index (κ1) is 15.3. The molecule has 0 aromatic heterocycles. The topological polar surface area (TPSA) is 46.3 Å². The molecule has 3 saturated carbocycles. The molecule has 0 aromatic rings. The van der Waals surface area contributed by atoms with E-state index in [0.717, 1.165) is 43.6 Å². The van der Waals surface area contributed by atoms with Gasteiger partial charge in [-0.1, -0.05) is 19.3 Å². The molecular formula is C18H32N2O. The van der Waals surface area contributed by atoms with Gasteiger partial charge in [0.1, 0.15) is 0 Å². The van der Waals surface area contributed by atoms with E-state index in [4.69, 9.17) is 5.73 Å². The van der Waals surface area contributed by atoms with E-state index in [0.29, 0.717) is 17.9 Å². The smallest absolute Gasteiger partial charge is 0.222 e. The van der Waals surface area contributed by atoms with E-state index in [1.54, 1.807) is 0 Å². The number of nitrogens with two attached hydrogens (primary N) is 1. The fourth-order valence-electron chi connectivity index (χ4n) is 5.17. The highest BCUT2D eigenvalue weighted by atomic mass is 16.2. The van der Waals surface area contributed by atoms with E-state index in [1.165, 1.54) is 44.9 Å². The van der Waals surface area contributed by atoms with Gasteiger partial charge in [0, 0.05) is 26.1 Å².